The molecule has 1 N–H and O–H groups in total. The van der Waals surface area contributed by atoms with Gasteiger partial charge in [0.2, 0.25) is 0 Å². The number of anilines is 1. The van der Waals surface area contributed by atoms with E-state index >= 15 is 0 Å². The highest BCUT2D eigenvalue weighted by atomic mass is 19.1. The lowest BCUT2D eigenvalue weighted by atomic mass is 10.4. The molecular formula is C8H10FN3O. The summed E-state index contributed by atoms with van der Waals surface area (Å²) < 4.78 is 12.6. The number of carbonyl (C=O) groups is 1. The van der Waals surface area contributed by atoms with Gasteiger partial charge in [0, 0.05) is 20.2 Å². The fourth-order valence-electron chi connectivity index (χ4n) is 0.716. The zero-order chi connectivity index (χ0) is 9.84. The summed E-state index contributed by atoms with van der Waals surface area (Å²) >= 11 is 0. The van der Waals surface area contributed by atoms with Gasteiger partial charge in [0.15, 0.2) is 0 Å². The van der Waals surface area contributed by atoms with Gasteiger partial charge in [0.1, 0.15) is 5.82 Å². The molecule has 0 unspecified atom stereocenters. The van der Waals surface area contributed by atoms with Gasteiger partial charge in [-0.1, -0.05) is 0 Å². The third-order valence-corrected chi connectivity index (χ3v) is 1.36. The molecule has 5 heteroatoms. The highest BCUT2D eigenvalue weighted by molar-refractivity contribution is 5.88. The summed E-state index contributed by atoms with van der Waals surface area (Å²) in [5, 5.41) is 2.47. The fourth-order valence-corrected chi connectivity index (χ4v) is 0.716. The molecule has 0 aliphatic carbocycles. The number of hydrogen-bond donors (Lipinski definition) is 1. The minimum atomic E-state index is -0.475. The summed E-state index contributed by atoms with van der Waals surface area (Å²) in [5.74, 6) is -0.475. The molecular weight excluding hydrogens is 173 g/mol. The van der Waals surface area contributed by atoms with Gasteiger partial charge in [-0.3, -0.25) is 4.98 Å². The van der Waals surface area contributed by atoms with E-state index in [-0.39, 0.29) is 6.03 Å². The van der Waals surface area contributed by atoms with Crippen LogP contribution in [0.25, 0.3) is 0 Å². The van der Waals surface area contributed by atoms with Crippen molar-refractivity contribution in [2.75, 3.05) is 19.4 Å². The van der Waals surface area contributed by atoms with E-state index in [0.29, 0.717) is 5.69 Å². The molecule has 0 bridgehead atoms. The van der Waals surface area contributed by atoms with Gasteiger partial charge in [-0.25, -0.2) is 9.18 Å². The van der Waals surface area contributed by atoms with Crippen LogP contribution in [-0.4, -0.2) is 30.0 Å². The van der Waals surface area contributed by atoms with Crippen LogP contribution < -0.4 is 5.32 Å². The standard InChI is InChI=1S/C8H10FN3O/c1-12(2)8(13)11-7-3-6(9)4-10-5-7/h3-5H,1-2H3,(H,11,13). The van der Waals surface area contributed by atoms with Crippen LogP contribution in [0.5, 0.6) is 0 Å². The average molecular weight is 183 g/mol. The molecule has 70 valence electrons. The summed E-state index contributed by atoms with van der Waals surface area (Å²) in [6.45, 7) is 0. The molecule has 0 fully saturated rings. The first kappa shape index (κ1) is 9.44. The second kappa shape index (κ2) is 3.84. The van der Waals surface area contributed by atoms with Crippen molar-refractivity contribution >= 4 is 11.7 Å². The van der Waals surface area contributed by atoms with E-state index in [1.165, 1.54) is 17.2 Å². The molecule has 1 rings (SSSR count). The molecule has 0 radical (unpaired) electrons. The number of carbonyl (C=O) groups excluding carboxylic acids is 1. The maximum atomic E-state index is 12.6. The molecule has 0 saturated heterocycles. The topological polar surface area (TPSA) is 45.2 Å². The van der Waals surface area contributed by atoms with Gasteiger partial charge in [-0.05, 0) is 0 Å². The van der Waals surface area contributed by atoms with E-state index in [4.69, 9.17) is 0 Å². The number of rotatable bonds is 1. The maximum absolute atomic E-state index is 12.6. The number of amides is 2. The highest BCUT2D eigenvalue weighted by Crippen LogP contribution is 2.06. The second-order valence-corrected chi connectivity index (χ2v) is 2.72. The van der Waals surface area contributed by atoms with Crippen LogP contribution in [0.2, 0.25) is 0 Å². The molecule has 1 aromatic rings. The first-order valence-electron chi connectivity index (χ1n) is 3.68. The Morgan fingerprint density at radius 3 is 2.77 bits per heavy atom. The summed E-state index contributed by atoms with van der Waals surface area (Å²) in [5.41, 5.74) is 0.346. The number of nitrogens with zero attached hydrogens (tertiary/aromatic N) is 2. The lowest BCUT2D eigenvalue weighted by Crippen LogP contribution is -2.27. The van der Waals surface area contributed by atoms with Crippen molar-refractivity contribution in [3.05, 3.63) is 24.3 Å². The lowest BCUT2D eigenvalue weighted by molar-refractivity contribution is 0.230. The number of urea groups is 1. The Balaban J connectivity index is 2.69. The zero-order valence-corrected chi connectivity index (χ0v) is 7.41. The van der Waals surface area contributed by atoms with Crippen LogP contribution in [0.1, 0.15) is 0 Å². The average Bonchev–Trinajstić information content (AvgIpc) is 2.04. The van der Waals surface area contributed by atoms with Gasteiger partial charge in [0.05, 0.1) is 18.1 Å². The fraction of sp³-hybridized carbons (Fsp3) is 0.250. The van der Waals surface area contributed by atoms with Gasteiger partial charge in [-0.15, -0.1) is 0 Å². The number of halogens is 1. The largest absolute Gasteiger partial charge is 0.331 e. The number of aromatic nitrogens is 1. The van der Waals surface area contributed by atoms with Crippen molar-refractivity contribution in [3.63, 3.8) is 0 Å². The Hall–Kier alpha value is -1.65. The maximum Gasteiger partial charge on any atom is 0.321 e. The molecule has 0 saturated carbocycles. The van der Waals surface area contributed by atoms with Crippen LogP contribution in [0.4, 0.5) is 14.9 Å². The van der Waals surface area contributed by atoms with Crippen molar-refractivity contribution < 1.29 is 9.18 Å². The third kappa shape index (κ3) is 2.70. The molecule has 1 heterocycles. The van der Waals surface area contributed by atoms with E-state index in [1.807, 2.05) is 0 Å². The molecule has 0 spiro atoms. The summed E-state index contributed by atoms with van der Waals surface area (Å²) in [6.07, 6.45) is 2.45. The Morgan fingerprint density at radius 1 is 1.54 bits per heavy atom. The van der Waals surface area contributed by atoms with Crippen LogP contribution in [-0.2, 0) is 0 Å². The molecule has 1 aromatic heterocycles. The normalized spacial score (nSPS) is 9.46. The van der Waals surface area contributed by atoms with Crippen molar-refractivity contribution in [2.45, 2.75) is 0 Å². The highest BCUT2D eigenvalue weighted by Gasteiger charge is 2.03. The third-order valence-electron chi connectivity index (χ3n) is 1.36. The lowest BCUT2D eigenvalue weighted by Gasteiger charge is -2.11. The van der Waals surface area contributed by atoms with E-state index < -0.39 is 5.82 Å². The summed E-state index contributed by atoms with van der Waals surface area (Å²) in [6, 6.07) is 0.890. The second-order valence-electron chi connectivity index (χ2n) is 2.72. The van der Waals surface area contributed by atoms with Crippen LogP contribution in [0, 0.1) is 5.82 Å². The van der Waals surface area contributed by atoms with Gasteiger partial charge >= 0.3 is 6.03 Å². The van der Waals surface area contributed by atoms with Gasteiger partial charge < -0.3 is 10.2 Å². The Labute approximate surface area is 75.4 Å². The van der Waals surface area contributed by atoms with Crippen molar-refractivity contribution in [2.24, 2.45) is 0 Å². The van der Waals surface area contributed by atoms with Crippen molar-refractivity contribution in [1.29, 1.82) is 0 Å². The van der Waals surface area contributed by atoms with E-state index in [1.54, 1.807) is 14.1 Å². The monoisotopic (exact) mass is 183 g/mol. The molecule has 0 atom stereocenters. The predicted octanol–water partition coefficient (Wildman–Crippen LogP) is 1.31. The van der Waals surface area contributed by atoms with Gasteiger partial charge in [0.25, 0.3) is 0 Å². The van der Waals surface area contributed by atoms with Crippen molar-refractivity contribution in [1.82, 2.24) is 9.88 Å². The minimum absolute atomic E-state index is 0.313. The van der Waals surface area contributed by atoms with Crippen LogP contribution in [0.15, 0.2) is 18.5 Å². The van der Waals surface area contributed by atoms with Crippen LogP contribution >= 0.6 is 0 Å². The molecule has 4 nitrogen and oxygen atoms in total. The zero-order valence-electron chi connectivity index (χ0n) is 7.41. The summed E-state index contributed by atoms with van der Waals surface area (Å²) in [4.78, 5) is 16.0. The molecule has 0 aliphatic rings. The van der Waals surface area contributed by atoms with Crippen LogP contribution in [0.3, 0.4) is 0 Å². The first-order valence-corrected chi connectivity index (χ1v) is 3.68. The van der Waals surface area contributed by atoms with Gasteiger partial charge in [-0.2, -0.15) is 0 Å². The van der Waals surface area contributed by atoms with E-state index in [0.717, 1.165) is 6.20 Å². The number of pyridine rings is 1. The molecule has 2 amide bonds. The van der Waals surface area contributed by atoms with Crippen molar-refractivity contribution in [3.8, 4) is 0 Å². The summed E-state index contributed by atoms with van der Waals surface area (Å²) in [7, 11) is 3.20. The first-order chi connectivity index (χ1) is 6.09. The number of nitrogens with one attached hydrogen (secondary N) is 1. The van der Waals surface area contributed by atoms with E-state index in [2.05, 4.69) is 10.3 Å². The minimum Gasteiger partial charge on any atom is -0.331 e. The quantitative estimate of drug-likeness (QED) is 0.713. The molecule has 0 aliphatic heterocycles. The smallest absolute Gasteiger partial charge is 0.321 e. The molecule has 13 heavy (non-hydrogen) atoms. The Morgan fingerprint density at radius 2 is 2.23 bits per heavy atom. The van der Waals surface area contributed by atoms with E-state index in [9.17, 15) is 9.18 Å². The number of hydrogen-bond acceptors (Lipinski definition) is 2. The molecule has 0 aromatic carbocycles. The Kier molecular flexibility index (Phi) is 2.79. The SMILES string of the molecule is CN(C)C(=O)Nc1cncc(F)c1. The Bertz CT molecular complexity index is 314. The predicted molar refractivity (Wildman–Crippen MR) is 46.9 cm³/mol.